The molecule has 0 N–H and O–H groups in total. The molecule has 1 aliphatic heterocycles. The van der Waals surface area contributed by atoms with Crippen molar-refractivity contribution >= 4 is 0 Å². The maximum Gasteiger partial charge on any atom is 0.162 e. The Morgan fingerprint density at radius 2 is 1.87 bits per heavy atom. The first-order chi connectivity index (χ1) is 11.1. The normalized spacial score (nSPS) is 16.7. The summed E-state index contributed by atoms with van der Waals surface area (Å²) >= 11 is 0. The first-order valence-electron chi connectivity index (χ1n) is 8.05. The Kier molecular flexibility index (Phi) is 3.47. The van der Waals surface area contributed by atoms with Crippen molar-refractivity contribution in [2.75, 3.05) is 6.61 Å². The van der Waals surface area contributed by atoms with Crippen LogP contribution in [0.5, 0.6) is 11.5 Å². The molecule has 1 heterocycles. The Balaban J connectivity index is 1.88. The van der Waals surface area contributed by atoms with E-state index in [1.54, 1.807) is 0 Å². The van der Waals surface area contributed by atoms with Gasteiger partial charge in [-0.1, -0.05) is 12.1 Å². The number of hydrogen-bond donors (Lipinski definition) is 0. The van der Waals surface area contributed by atoms with Crippen molar-refractivity contribution in [1.29, 1.82) is 0 Å². The number of rotatable bonds is 3. The lowest BCUT2D eigenvalue weighted by molar-refractivity contribution is 0.287. The average molecular weight is 316 g/mol. The number of ether oxygens (including phenoxy) is 2. The molecule has 0 bridgehead atoms. The van der Waals surface area contributed by atoms with Gasteiger partial charge in [0.05, 0.1) is 12.7 Å². The summed E-state index contributed by atoms with van der Waals surface area (Å²) in [5, 5.41) is 0. The second kappa shape index (κ2) is 5.52. The summed E-state index contributed by atoms with van der Waals surface area (Å²) in [4.78, 5) is 0. The topological polar surface area (TPSA) is 18.5 Å². The van der Waals surface area contributed by atoms with Crippen molar-refractivity contribution in [3.05, 3.63) is 47.0 Å². The van der Waals surface area contributed by atoms with Gasteiger partial charge in [0.1, 0.15) is 11.5 Å². The summed E-state index contributed by atoms with van der Waals surface area (Å²) in [5.41, 5.74) is 3.65. The molecule has 1 saturated carbocycles. The monoisotopic (exact) mass is 316 g/mol. The minimum absolute atomic E-state index is 0.112. The van der Waals surface area contributed by atoms with E-state index < -0.39 is 11.6 Å². The van der Waals surface area contributed by atoms with E-state index in [1.165, 1.54) is 6.07 Å². The third-order valence-electron chi connectivity index (χ3n) is 4.44. The maximum absolute atomic E-state index is 13.8. The van der Waals surface area contributed by atoms with Crippen molar-refractivity contribution in [2.24, 2.45) is 0 Å². The third kappa shape index (κ3) is 2.67. The SMILES string of the molecule is Cc1ccc(-c2cc(F)c(F)cc2OC2CC2)c2c1CCCO2. The smallest absolute Gasteiger partial charge is 0.162 e. The van der Waals surface area contributed by atoms with Gasteiger partial charge in [-0.25, -0.2) is 8.78 Å². The summed E-state index contributed by atoms with van der Waals surface area (Å²) in [6.45, 7) is 2.69. The zero-order valence-electron chi connectivity index (χ0n) is 13.0. The highest BCUT2D eigenvalue weighted by Crippen LogP contribution is 2.43. The Labute approximate surface area is 134 Å². The lowest BCUT2D eigenvalue weighted by Crippen LogP contribution is -2.11. The molecular formula is C19H18F2O2. The summed E-state index contributed by atoms with van der Waals surface area (Å²) < 4.78 is 39.2. The molecule has 0 saturated heterocycles. The molecule has 0 atom stereocenters. The number of aryl methyl sites for hydroxylation is 1. The summed E-state index contributed by atoms with van der Waals surface area (Å²) in [6.07, 6.45) is 3.95. The largest absolute Gasteiger partial charge is 0.493 e. The van der Waals surface area contributed by atoms with Gasteiger partial charge in [0.15, 0.2) is 11.6 Å². The Morgan fingerprint density at radius 3 is 2.65 bits per heavy atom. The van der Waals surface area contributed by atoms with E-state index in [-0.39, 0.29) is 6.10 Å². The molecular weight excluding hydrogens is 298 g/mol. The summed E-state index contributed by atoms with van der Waals surface area (Å²) in [5.74, 6) is -0.575. The van der Waals surface area contributed by atoms with Gasteiger partial charge in [0.25, 0.3) is 0 Å². The molecule has 120 valence electrons. The summed E-state index contributed by atoms with van der Waals surface area (Å²) in [6, 6.07) is 6.28. The van der Waals surface area contributed by atoms with Gasteiger partial charge < -0.3 is 9.47 Å². The molecule has 0 aromatic heterocycles. The van der Waals surface area contributed by atoms with Gasteiger partial charge in [0.2, 0.25) is 0 Å². The first-order valence-corrected chi connectivity index (χ1v) is 8.05. The molecule has 0 amide bonds. The van der Waals surface area contributed by atoms with Crippen molar-refractivity contribution in [2.45, 2.75) is 38.7 Å². The molecule has 0 unspecified atom stereocenters. The number of benzene rings is 2. The lowest BCUT2D eigenvalue weighted by Gasteiger charge is -2.23. The summed E-state index contributed by atoms with van der Waals surface area (Å²) in [7, 11) is 0. The number of fused-ring (bicyclic) bond motifs is 1. The van der Waals surface area contributed by atoms with Crippen LogP contribution in [0.1, 0.15) is 30.4 Å². The van der Waals surface area contributed by atoms with Gasteiger partial charge in [0, 0.05) is 17.2 Å². The highest BCUT2D eigenvalue weighted by atomic mass is 19.2. The van der Waals surface area contributed by atoms with Crippen LogP contribution in [0.15, 0.2) is 24.3 Å². The van der Waals surface area contributed by atoms with Crippen LogP contribution in [0.3, 0.4) is 0 Å². The second-order valence-corrected chi connectivity index (χ2v) is 6.27. The Bertz CT molecular complexity index is 766. The predicted molar refractivity (Wildman–Crippen MR) is 84.0 cm³/mol. The quantitative estimate of drug-likeness (QED) is 0.809. The molecule has 0 radical (unpaired) electrons. The van der Waals surface area contributed by atoms with E-state index in [0.717, 1.165) is 54.2 Å². The van der Waals surface area contributed by atoms with E-state index in [0.29, 0.717) is 17.9 Å². The predicted octanol–water partition coefficient (Wildman–Crippen LogP) is 4.81. The van der Waals surface area contributed by atoms with Crippen molar-refractivity contribution in [3.8, 4) is 22.6 Å². The molecule has 2 aliphatic rings. The van der Waals surface area contributed by atoms with E-state index in [1.807, 2.05) is 19.1 Å². The van der Waals surface area contributed by atoms with Crippen LogP contribution in [-0.4, -0.2) is 12.7 Å². The molecule has 1 aliphatic carbocycles. The van der Waals surface area contributed by atoms with Gasteiger partial charge in [-0.3, -0.25) is 0 Å². The van der Waals surface area contributed by atoms with E-state index in [2.05, 4.69) is 0 Å². The zero-order chi connectivity index (χ0) is 16.0. The highest BCUT2D eigenvalue weighted by Gasteiger charge is 2.27. The van der Waals surface area contributed by atoms with Crippen molar-refractivity contribution in [1.82, 2.24) is 0 Å². The highest BCUT2D eigenvalue weighted by molar-refractivity contribution is 5.78. The molecule has 2 aromatic carbocycles. The van der Waals surface area contributed by atoms with Gasteiger partial charge in [-0.05, 0) is 49.8 Å². The van der Waals surface area contributed by atoms with Crippen LogP contribution in [0, 0.1) is 18.6 Å². The Hall–Kier alpha value is -2.10. The van der Waals surface area contributed by atoms with Crippen LogP contribution in [-0.2, 0) is 6.42 Å². The van der Waals surface area contributed by atoms with E-state index in [4.69, 9.17) is 9.47 Å². The molecule has 0 spiro atoms. The fourth-order valence-electron chi connectivity index (χ4n) is 3.04. The van der Waals surface area contributed by atoms with Crippen molar-refractivity contribution < 1.29 is 18.3 Å². The molecule has 23 heavy (non-hydrogen) atoms. The van der Waals surface area contributed by atoms with E-state index >= 15 is 0 Å². The van der Waals surface area contributed by atoms with Crippen LogP contribution in [0.25, 0.3) is 11.1 Å². The lowest BCUT2D eigenvalue weighted by atomic mass is 9.93. The van der Waals surface area contributed by atoms with Crippen LogP contribution < -0.4 is 9.47 Å². The molecule has 2 aromatic rings. The average Bonchev–Trinajstić information content (AvgIpc) is 3.36. The van der Waals surface area contributed by atoms with Crippen LogP contribution >= 0.6 is 0 Å². The number of halogens is 2. The molecule has 4 rings (SSSR count). The fraction of sp³-hybridized carbons (Fsp3) is 0.368. The minimum Gasteiger partial charge on any atom is -0.493 e. The molecule has 1 fully saturated rings. The van der Waals surface area contributed by atoms with Gasteiger partial charge in [-0.15, -0.1) is 0 Å². The maximum atomic E-state index is 13.8. The second-order valence-electron chi connectivity index (χ2n) is 6.27. The third-order valence-corrected chi connectivity index (χ3v) is 4.44. The first kappa shape index (κ1) is 14.5. The van der Waals surface area contributed by atoms with Crippen molar-refractivity contribution in [3.63, 3.8) is 0 Å². The molecule has 4 heteroatoms. The van der Waals surface area contributed by atoms with Crippen LogP contribution in [0.2, 0.25) is 0 Å². The van der Waals surface area contributed by atoms with E-state index in [9.17, 15) is 8.78 Å². The zero-order valence-corrected chi connectivity index (χ0v) is 13.0. The van der Waals surface area contributed by atoms with Crippen LogP contribution in [0.4, 0.5) is 8.78 Å². The van der Waals surface area contributed by atoms with Gasteiger partial charge >= 0.3 is 0 Å². The standard InChI is InChI=1S/C19H18F2O2/c1-11-4-7-14(19-13(11)3-2-8-22-19)15-9-16(20)17(21)10-18(15)23-12-5-6-12/h4,7,9-10,12H,2-3,5-6,8H2,1H3. The minimum atomic E-state index is -0.883. The van der Waals surface area contributed by atoms with Gasteiger partial charge in [-0.2, -0.15) is 0 Å². The number of hydrogen-bond acceptors (Lipinski definition) is 2. The Morgan fingerprint density at radius 1 is 1.09 bits per heavy atom. The fourth-order valence-corrected chi connectivity index (χ4v) is 3.04. The molecule has 2 nitrogen and oxygen atoms in total.